The third-order valence-corrected chi connectivity index (χ3v) is 11.5. The molecule has 270 valence electrons. The molecule has 2 nitrogen and oxygen atoms in total. The van der Waals surface area contributed by atoms with E-state index in [2.05, 4.69) is 212 Å². The molecule has 11 aromatic rings. The van der Waals surface area contributed by atoms with Gasteiger partial charge in [0.1, 0.15) is 6.33 Å². The van der Waals surface area contributed by atoms with Gasteiger partial charge < -0.3 is 0 Å². The molecule has 0 bridgehead atoms. The molecular formula is C56H36N2. The lowest BCUT2D eigenvalue weighted by atomic mass is 9.92. The van der Waals surface area contributed by atoms with Gasteiger partial charge in [0.15, 0.2) is 0 Å². The van der Waals surface area contributed by atoms with Crippen LogP contribution in [-0.2, 0) is 0 Å². The van der Waals surface area contributed by atoms with Crippen LogP contribution in [0.3, 0.4) is 0 Å². The second-order valence-electron chi connectivity index (χ2n) is 15.1. The predicted molar refractivity (Wildman–Crippen MR) is 245 cm³/mol. The fraction of sp³-hybridized carbons (Fsp3) is 0. The van der Waals surface area contributed by atoms with E-state index in [4.69, 9.17) is 9.97 Å². The van der Waals surface area contributed by atoms with E-state index in [0.717, 1.165) is 44.8 Å². The van der Waals surface area contributed by atoms with E-state index in [1.807, 2.05) is 0 Å². The lowest BCUT2D eigenvalue weighted by Crippen LogP contribution is -1.93. The van der Waals surface area contributed by atoms with Gasteiger partial charge in [-0.3, -0.25) is 0 Å². The summed E-state index contributed by atoms with van der Waals surface area (Å²) in [5.74, 6) is 0. The van der Waals surface area contributed by atoms with E-state index in [1.165, 1.54) is 65.3 Å². The van der Waals surface area contributed by atoms with Crippen LogP contribution in [0.1, 0.15) is 0 Å². The van der Waals surface area contributed by atoms with Crippen molar-refractivity contribution in [3.8, 4) is 67.0 Å². The van der Waals surface area contributed by atoms with Gasteiger partial charge in [0.25, 0.3) is 0 Å². The van der Waals surface area contributed by atoms with Crippen molar-refractivity contribution in [3.63, 3.8) is 0 Å². The summed E-state index contributed by atoms with van der Waals surface area (Å²) >= 11 is 0. The largest absolute Gasteiger partial charge is 0.236 e. The normalized spacial score (nSPS) is 11.4. The van der Waals surface area contributed by atoms with Crippen molar-refractivity contribution < 1.29 is 0 Å². The van der Waals surface area contributed by atoms with Crippen molar-refractivity contribution in [2.45, 2.75) is 0 Å². The molecule has 10 aromatic carbocycles. The summed E-state index contributed by atoms with van der Waals surface area (Å²) in [4.78, 5) is 9.85. The maximum Gasteiger partial charge on any atom is 0.116 e. The van der Waals surface area contributed by atoms with E-state index >= 15 is 0 Å². The highest BCUT2D eigenvalue weighted by molar-refractivity contribution is 5.94. The number of hydrogen-bond donors (Lipinski definition) is 0. The molecule has 0 radical (unpaired) electrons. The van der Waals surface area contributed by atoms with Gasteiger partial charge in [-0.1, -0.05) is 146 Å². The molecule has 1 aromatic heterocycles. The van der Waals surface area contributed by atoms with Gasteiger partial charge in [-0.2, -0.15) is 0 Å². The Morgan fingerprint density at radius 3 is 0.741 bits per heavy atom. The van der Waals surface area contributed by atoms with Crippen LogP contribution in [-0.4, -0.2) is 9.97 Å². The van der Waals surface area contributed by atoms with Crippen LogP contribution in [0.4, 0.5) is 0 Å². The first kappa shape index (κ1) is 33.6. The fourth-order valence-electron chi connectivity index (χ4n) is 8.37. The van der Waals surface area contributed by atoms with Crippen LogP contribution in [0, 0.1) is 0 Å². The highest BCUT2D eigenvalue weighted by Gasteiger charge is 2.14. The minimum atomic E-state index is 0.873. The molecule has 11 rings (SSSR count). The first-order valence-electron chi connectivity index (χ1n) is 19.8. The smallest absolute Gasteiger partial charge is 0.116 e. The molecule has 0 spiro atoms. The number of aromatic nitrogens is 2. The second-order valence-corrected chi connectivity index (χ2v) is 15.1. The number of hydrogen-bond acceptors (Lipinski definition) is 2. The zero-order valence-corrected chi connectivity index (χ0v) is 31.7. The van der Waals surface area contributed by atoms with Crippen molar-refractivity contribution >= 4 is 43.1 Å². The summed E-state index contributed by atoms with van der Waals surface area (Å²) in [5.41, 5.74) is 13.1. The number of fused-ring (bicyclic) bond motifs is 4. The number of benzene rings is 10. The van der Waals surface area contributed by atoms with Crippen LogP contribution in [0.15, 0.2) is 219 Å². The first-order valence-corrected chi connectivity index (χ1v) is 19.8. The summed E-state index contributed by atoms with van der Waals surface area (Å²) in [5, 5.41) is 9.79. The topological polar surface area (TPSA) is 25.8 Å². The van der Waals surface area contributed by atoms with E-state index in [-0.39, 0.29) is 0 Å². The SMILES string of the molecule is c1ccc2cc(-c3cc(-c4ccc5ccccc5c4)cc(-c4cc(-c5cc(-c6ccc7ccccc7c6)cc(-c6ccc7ccccc7c6)c5)ncn4)c3)ccc2c1. The fourth-order valence-corrected chi connectivity index (χ4v) is 8.37. The second kappa shape index (κ2) is 14.1. The summed E-state index contributed by atoms with van der Waals surface area (Å²) in [6, 6.07) is 76.9. The van der Waals surface area contributed by atoms with Gasteiger partial charge in [0, 0.05) is 11.1 Å². The van der Waals surface area contributed by atoms with Crippen LogP contribution in [0.25, 0.3) is 110 Å². The summed E-state index contributed by atoms with van der Waals surface area (Å²) < 4.78 is 0. The van der Waals surface area contributed by atoms with Gasteiger partial charge in [0.2, 0.25) is 0 Å². The third-order valence-electron chi connectivity index (χ3n) is 11.5. The molecule has 0 fully saturated rings. The zero-order valence-electron chi connectivity index (χ0n) is 31.7. The van der Waals surface area contributed by atoms with Crippen molar-refractivity contribution in [1.29, 1.82) is 0 Å². The predicted octanol–water partition coefficient (Wildman–Crippen LogP) is 15.1. The van der Waals surface area contributed by atoms with Crippen molar-refractivity contribution in [1.82, 2.24) is 9.97 Å². The van der Waals surface area contributed by atoms with Gasteiger partial charge in [-0.05, 0) is 154 Å². The van der Waals surface area contributed by atoms with E-state index in [9.17, 15) is 0 Å². The molecule has 2 heteroatoms. The Bertz CT molecular complexity index is 2940. The Hall–Kier alpha value is -7.68. The lowest BCUT2D eigenvalue weighted by molar-refractivity contribution is 1.18. The molecule has 0 aliphatic rings. The van der Waals surface area contributed by atoms with E-state index < -0.39 is 0 Å². The molecule has 0 amide bonds. The Labute approximate surface area is 337 Å². The van der Waals surface area contributed by atoms with Crippen LogP contribution >= 0.6 is 0 Å². The molecular weight excluding hydrogens is 701 g/mol. The molecule has 58 heavy (non-hydrogen) atoms. The number of rotatable bonds is 6. The van der Waals surface area contributed by atoms with Crippen LogP contribution in [0.2, 0.25) is 0 Å². The number of nitrogens with zero attached hydrogens (tertiary/aromatic N) is 2. The standard InChI is InChI=1S/C56H36N2/c1-5-13-41-25-45(21-17-37(41)9-1)49-29-50(46-22-18-38-10-2-6-14-42(38)26-46)32-53(31-49)55-35-56(58-36-57-55)54-33-51(47-23-19-39-11-3-7-15-43(39)27-47)30-52(34-54)48-24-20-40-12-4-8-16-44(40)28-48/h1-36H. The third kappa shape index (κ3) is 6.37. The van der Waals surface area contributed by atoms with Crippen molar-refractivity contribution in [3.05, 3.63) is 219 Å². The lowest BCUT2D eigenvalue weighted by Gasteiger charge is -2.14. The molecule has 0 aliphatic heterocycles. The Morgan fingerprint density at radius 1 is 0.190 bits per heavy atom. The average Bonchev–Trinajstić information content (AvgIpc) is 3.30. The monoisotopic (exact) mass is 736 g/mol. The summed E-state index contributed by atoms with van der Waals surface area (Å²) in [6.07, 6.45) is 1.71. The van der Waals surface area contributed by atoms with Crippen molar-refractivity contribution in [2.24, 2.45) is 0 Å². The van der Waals surface area contributed by atoms with Crippen molar-refractivity contribution in [2.75, 3.05) is 0 Å². The minimum Gasteiger partial charge on any atom is -0.236 e. The van der Waals surface area contributed by atoms with Gasteiger partial charge >= 0.3 is 0 Å². The highest BCUT2D eigenvalue weighted by atomic mass is 14.8. The molecule has 0 atom stereocenters. The van der Waals surface area contributed by atoms with E-state index in [0.29, 0.717) is 0 Å². The molecule has 0 unspecified atom stereocenters. The maximum atomic E-state index is 4.92. The molecule has 0 saturated heterocycles. The first-order chi connectivity index (χ1) is 28.7. The van der Waals surface area contributed by atoms with E-state index in [1.54, 1.807) is 6.33 Å². The minimum absolute atomic E-state index is 0.873. The summed E-state index contributed by atoms with van der Waals surface area (Å²) in [7, 11) is 0. The Balaban J connectivity index is 1.07. The molecule has 0 aliphatic carbocycles. The van der Waals surface area contributed by atoms with Gasteiger partial charge in [-0.15, -0.1) is 0 Å². The van der Waals surface area contributed by atoms with Gasteiger partial charge in [0.05, 0.1) is 11.4 Å². The average molecular weight is 737 g/mol. The Kier molecular flexibility index (Phi) is 8.19. The molecule has 0 saturated carbocycles. The van der Waals surface area contributed by atoms with Crippen LogP contribution in [0.5, 0.6) is 0 Å². The maximum absolute atomic E-state index is 4.92. The highest BCUT2D eigenvalue weighted by Crippen LogP contribution is 2.38. The quantitative estimate of drug-likeness (QED) is 0.170. The van der Waals surface area contributed by atoms with Gasteiger partial charge in [-0.25, -0.2) is 9.97 Å². The molecule has 1 heterocycles. The molecule has 0 N–H and O–H groups in total. The summed E-state index contributed by atoms with van der Waals surface area (Å²) in [6.45, 7) is 0. The van der Waals surface area contributed by atoms with Crippen LogP contribution < -0.4 is 0 Å². The Morgan fingerprint density at radius 2 is 0.448 bits per heavy atom. The zero-order chi connectivity index (χ0) is 38.4.